The Balaban J connectivity index is 2.52. The topological polar surface area (TPSA) is 43.4 Å². The number of hydrogen-bond donors (Lipinski definition) is 0. The Morgan fingerprint density at radius 3 is 2.29 bits per heavy atom. The second-order valence-electron chi connectivity index (χ2n) is 6.45. The second-order valence-corrected chi connectivity index (χ2v) is 7.30. The monoisotopic (exact) mass is 350 g/mol. The van der Waals surface area contributed by atoms with E-state index >= 15 is 0 Å². The van der Waals surface area contributed by atoms with E-state index in [4.69, 9.17) is 4.74 Å². The number of ether oxygens (including phenoxy) is 1. The molecule has 1 aromatic carbocycles. The van der Waals surface area contributed by atoms with Crippen LogP contribution >= 0.6 is 15.9 Å². The van der Waals surface area contributed by atoms with E-state index in [0.29, 0.717) is 16.9 Å². The van der Waals surface area contributed by atoms with Gasteiger partial charge in [0.15, 0.2) is 5.78 Å². The fraction of sp³-hybridized carbons (Fsp3) is 0.412. The number of ketones is 1. The van der Waals surface area contributed by atoms with Crippen LogP contribution in [0.5, 0.6) is 0 Å². The van der Waals surface area contributed by atoms with E-state index in [0.717, 1.165) is 10.0 Å². The first-order chi connectivity index (χ1) is 9.62. The van der Waals surface area contributed by atoms with Crippen LogP contribution in [0.15, 0.2) is 34.0 Å². The fourth-order valence-electron chi connectivity index (χ4n) is 2.52. The summed E-state index contributed by atoms with van der Waals surface area (Å²) < 4.78 is 6.24. The molecule has 21 heavy (non-hydrogen) atoms. The van der Waals surface area contributed by atoms with Crippen molar-refractivity contribution in [1.29, 1.82) is 0 Å². The number of allylic oxidation sites excluding steroid dienone is 2. The lowest BCUT2D eigenvalue weighted by molar-refractivity contribution is -0.147. The zero-order chi connectivity index (χ0) is 15.9. The summed E-state index contributed by atoms with van der Waals surface area (Å²) in [5.74, 6) is -1.09. The number of Topliss-reactive ketones (excluding diaryl/α,β-unsaturated/α-hetero) is 1. The average molecular weight is 351 g/mol. The number of cyclic esters (lactones) is 1. The van der Waals surface area contributed by atoms with E-state index in [1.54, 1.807) is 13.0 Å². The van der Waals surface area contributed by atoms with Crippen molar-refractivity contribution >= 4 is 27.7 Å². The maximum absolute atomic E-state index is 12.7. The van der Waals surface area contributed by atoms with Crippen LogP contribution in [0.4, 0.5) is 0 Å². The molecule has 0 N–H and O–H groups in total. The van der Waals surface area contributed by atoms with Crippen LogP contribution in [0.25, 0.3) is 0 Å². The van der Waals surface area contributed by atoms with Gasteiger partial charge in [-0.2, -0.15) is 0 Å². The van der Waals surface area contributed by atoms with E-state index in [-0.39, 0.29) is 11.2 Å². The van der Waals surface area contributed by atoms with Crippen molar-refractivity contribution in [3.8, 4) is 0 Å². The number of aryl methyl sites for hydroxylation is 1. The molecule has 0 fully saturated rings. The van der Waals surface area contributed by atoms with E-state index in [2.05, 4.69) is 15.9 Å². The molecule has 1 unspecified atom stereocenters. The molecule has 0 aromatic heterocycles. The highest BCUT2D eigenvalue weighted by atomic mass is 79.9. The molecule has 112 valence electrons. The van der Waals surface area contributed by atoms with Crippen LogP contribution in [-0.2, 0) is 14.3 Å². The number of rotatable bonds is 1. The Kier molecular flexibility index (Phi) is 4.11. The highest BCUT2D eigenvalue weighted by molar-refractivity contribution is 9.10. The molecule has 1 aliphatic heterocycles. The lowest BCUT2D eigenvalue weighted by Gasteiger charge is -2.31. The van der Waals surface area contributed by atoms with Crippen molar-refractivity contribution in [2.24, 2.45) is 5.41 Å². The van der Waals surface area contributed by atoms with Gasteiger partial charge in [0.1, 0.15) is 11.7 Å². The Morgan fingerprint density at radius 2 is 1.76 bits per heavy atom. The maximum Gasteiger partial charge on any atom is 0.326 e. The molecule has 0 saturated heterocycles. The van der Waals surface area contributed by atoms with Gasteiger partial charge in [0.05, 0.1) is 0 Å². The zero-order valence-corrected chi connectivity index (χ0v) is 14.5. The van der Waals surface area contributed by atoms with E-state index in [1.807, 2.05) is 39.8 Å². The third-order valence-electron chi connectivity index (χ3n) is 3.56. The summed E-state index contributed by atoms with van der Waals surface area (Å²) in [4.78, 5) is 25.0. The van der Waals surface area contributed by atoms with Crippen molar-refractivity contribution in [1.82, 2.24) is 0 Å². The van der Waals surface area contributed by atoms with Gasteiger partial charge in [0, 0.05) is 15.5 Å². The molecule has 2 rings (SSSR count). The quantitative estimate of drug-likeness (QED) is 0.560. The average Bonchev–Trinajstić information content (AvgIpc) is 2.35. The van der Waals surface area contributed by atoms with Crippen molar-refractivity contribution in [2.45, 2.75) is 40.5 Å². The predicted molar refractivity (Wildman–Crippen MR) is 84.9 cm³/mol. The smallest absolute Gasteiger partial charge is 0.326 e. The van der Waals surface area contributed by atoms with Gasteiger partial charge < -0.3 is 4.74 Å². The van der Waals surface area contributed by atoms with Crippen molar-refractivity contribution in [2.75, 3.05) is 0 Å². The normalized spacial score (nSPS) is 19.8. The molecule has 1 aromatic rings. The third kappa shape index (κ3) is 2.95. The van der Waals surface area contributed by atoms with Crippen molar-refractivity contribution < 1.29 is 14.3 Å². The second kappa shape index (κ2) is 5.41. The maximum atomic E-state index is 12.7. The Hall–Kier alpha value is -1.42. The predicted octanol–water partition coefficient (Wildman–Crippen LogP) is 4.29. The Labute approximate surface area is 133 Å². The van der Waals surface area contributed by atoms with Gasteiger partial charge in [-0.05, 0) is 31.0 Å². The molecule has 1 heterocycles. The van der Waals surface area contributed by atoms with Gasteiger partial charge in [-0.15, -0.1) is 0 Å². The fourth-order valence-corrected chi connectivity index (χ4v) is 3.24. The van der Waals surface area contributed by atoms with Crippen LogP contribution < -0.4 is 0 Å². The molecular weight excluding hydrogens is 332 g/mol. The van der Waals surface area contributed by atoms with Crippen LogP contribution in [-0.4, -0.2) is 11.8 Å². The van der Waals surface area contributed by atoms with Crippen molar-refractivity contribution in [3.63, 3.8) is 0 Å². The molecule has 0 saturated carbocycles. The number of carbonyl (C=O) groups is 2. The molecule has 0 spiro atoms. The number of carbonyl (C=O) groups excluding carboxylic acids is 2. The van der Waals surface area contributed by atoms with Crippen molar-refractivity contribution in [3.05, 3.63) is 45.1 Å². The number of halogens is 1. The Morgan fingerprint density at radius 1 is 1.14 bits per heavy atom. The number of benzene rings is 1. The molecule has 0 aliphatic carbocycles. The first kappa shape index (κ1) is 16.0. The summed E-state index contributed by atoms with van der Waals surface area (Å²) in [6.45, 7) is 9.46. The molecule has 0 amide bonds. The summed E-state index contributed by atoms with van der Waals surface area (Å²) in [7, 11) is 0. The van der Waals surface area contributed by atoms with Crippen LogP contribution in [0.3, 0.4) is 0 Å². The third-order valence-corrected chi connectivity index (χ3v) is 4.25. The van der Waals surface area contributed by atoms with Crippen LogP contribution in [0.1, 0.15) is 44.7 Å². The number of esters is 1. The standard InChI is InChI=1S/C17H19BrO3/c1-9-6-7-11(12(18)8-9)13-14(19)10(2)15(17(3,4)5)21-16(13)20/h6-8,13H,1-5H3. The first-order valence-corrected chi connectivity index (χ1v) is 7.65. The molecular formula is C17H19BrO3. The summed E-state index contributed by atoms with van der Waals surface area (Å²) in [5, 5.41) is 0. The minimum atomic E-state index is -0.883. The van der Waals surface area contributed by atoms with Gasteiger partial charge in [-0.1, -0.05) is 48.8 Å². The molecule has 3 nitrogen and oxygen atoms in total. The van der Waals surface area contributed by atoms with Gasteiger partial charge in [0.25, 0.3) is 0 Å². The van der Waals surface area contributed by atoms with Gasteiger partial charge >= 0.3 is 5.97 Å². The van der Waals surface area contributed by atoms with Gasteiger partial charge in [0.2, 0.25) is 0 Å². The minimum absolute atomic E-state index is 0.180. The molecule has 4 heteroatoms. The number of hydrogen-bond acceptors (Lipinski definition) is 3. The molecule has 1 aliphatic rings. The summed E-state index contributed by atoms with van der Waals surface area (Å²) in [6.07, 6.45) is 0. The molecule has 0 radical (unpaired) electrons. The lowest BCUT2D eigenvalue weighted by atomic mass is 9.82. The van der Waals surface area contributed by atoms with E-state index in [9.17, 15) is 9.59 Å². The first-order valence-electron chi connectivity index (χ1n) is 6.86. The van der Waals surface area contributed by atoms with Gasteiger partial charge in [-0.3, -0.25) is 9.59 Å². The lowest BCUT2D eigenvalue weighted by Crippen LogP contribution is -2.34. The Bertz CT molecular complexity index is 650. The highest BCUT2D eigenvalue weighted by Crippen LogP contribution is 2.39. The summed E-state index contributed by atoms with van der Waals surface area (Å²) >= 11 is 3.44. The van der Waals surface area contributed by atoms with E-state index < -0.39 is 11.9 Å². The zero-order valence-electron chi connectivity index (χ0n) is 12.9. The SMILES string of the molecule is CC1=C(C(C)(C)C)OC(=O)C(c2ccc(C)cc2Br)C1=O. The molecule has 0 bridgehead atoms. The van der Waals surface area contributed by atoms with Crippen LogP contribution in [0, 0.1) is 12.3 Å². The summed E-state index contributed by atoms with van der Waals surface area (Å²) in [6, 6.07) is 5.59. The van der Waals surface area contributed by atoms with Crippen LogP contribution in [0.2, 0.25) is 0 Å². The summed E-state index contributed by atoms with van der Waals surface area (Å²) in [5.41, 5.74) is 1.87. The minimum Gasteiger partial charge on any atom is -0.429 e. The largest absolute Gasteiger partial charge is 0.429 e. The van der Waals surface area contributed by atoms with Gasteiger partial charge in [-0.25, -0.2) is 0 Å². The van der Waals surface area contributed by atoms with E-state index in [1.165, 1.54) is 0 Å². The molecule has 1 atom stereocenters. The highest BCUT2D eigenvalue weighted by Gasteiger charge is 2.41.